The number of halogens is 1. The summed E-state index contributed by atoms with van der Waals surface area (Å²) in [5.74, 6) is -0.0266. The minimum absolute atomic E-state index is 0.145. The van der Waals surface area contributed by atoms with Crippen LogP contribution in [0.25, 0.3) is 0 Å². The quantitative estimate of drug-likeness (QED) is 0.746. The Labute approximate surface area is 155 Å². The highest BCUT2D eigenvalue weighted by Crippen LogP contribution is 2.12. The lowest BCUT2D eigenvalue weighted by Crippen LogP contribution is -2.49. The molecule has 0 spiro atoms. The Kier molecular flexibility index (Phi) is 6.40. The van der Waals surface area contributed by atoms with Gasteiger partial charge < -0.3 is 4.90 Å². The van der Waals surface area contributed by atoms with Crippen molar-refractivity contribution >= 4 is 10.0 Å². The summed E-state index contributed by atoms with van der Waals surface area (Å²) in [7, 11) is -3.23. The molecule has 0 N–H and O–H groups in total. The van der Waals surface area contributed by atoms with Crippen LogP contribution in [0.1, 0.15) is 11.1 Å². The molecule has 2 aromatic rings. The minimum atomic E-state index is -3.23. The van der Waals surface area contributed by atoms with Gasteiger partial charge >= 0.3 is 0 Å². The fourth-order valence-corrected chi connectivity index (χ4v) is 4.70. The van der Waals surface area contributed by atoms with Gasteiger partial charge in [0.1, 0.15) is 5.82 Å². The molecular formula is C20H25FN2O2S. The highest BCUT2D eigenvalue weighted by molar-refractivity contribution is 7.89. The van der Waals surface area contributed by atoms with E-state index in [1.807, 2.05) is 36.4 Å². The summed E-state index contributed by atoms with van der Waals surface area (Å²) in [5.41, 5.74) is 1.75. The number of hydrogen-bond donors (Lipinski definition) is 0. The Hall–Kier alpha value is -1.76. The normalized spacial score (nSPS) is 16.7. The van der Waals surface area contributed by atoms with E-state index in [-0.39, 0.29) is 11.6 Å². The first-order valence-electron chi connectivity index (χ1n) is 9.02. The summed E-state index contributed by atoms with van der Waals surface area (Å²) in [6.07, 6.45) is 1.18. The number of piperazine rings is 1. The Morgan fingerprint density at radius 2 is 1.50 bits per heavy atom. The van der Waals surface area contributed by atoms with Crippen molar-refractivity contribution in [2.24, 2.45) is 0 Å². The number of aryl methyl sites for hydroxylation is 1. The van der Waals surface area contributed by atoms with Gasteiger partial charge in [0, 0.05) is 32.7 Å². The van der Waals surface area contributed by atoms with E-state index in [1.165, 1.54) is 6.07 Å². The standard InChI is InChI=1S/C20H25FN2O2S/c21-20-9-5-4-8-19(20)10-12-22-13-15-23(16-14-22)26(24,25)17-11-18-6-2-1-3-7-18/h1-9H,10-17H2. The molecule has 4 nitrogen and oxygen atoms in total. The SMILES string of the molecule is O=S(=O)(CCc1ccccc1)N1CCN(CCc2ccccc2F)CC1. The number of sulfonamides is 1. The molecule has 1 heterocycles. The number of rotatable bonds is 7. The average molecular weight is 376 g/mol. The molecular weight excluding hydrogens is 351 g/mol. The number of hydrogen-bond acceptors (Lipinski definition) is 3. The van der Waals surface area contributed by atoms with Crippen molar-refractivity contribution in [3.63, 3.8) is 0 Å². The van der Waals surface area contributed by atoms with E-state index in [0.717, 1.165) is 12.1 Å². The van der Waals surface area contributed by atoms with Gasteiger partial charge in [-0.15, -0.1) is 0 Å². The van der Waals surface area contributed by atoms with Crippen molar-refractivity contribution in [1.82, 2.24) is 9.21 Å². The van der Waals surface area contributed by atoms with E-state index < -0.39 is 10.0 Å². The van der Waals surface area contributed by atoms with Crippen molar-refractivity contribution in [1.29, 1.82) is 0 Å². The molecule has 1 fully saturated rings. The maximum absolute atomic E-state index is 13.7. The number of benzene rings is 2. The fraction of sp³-hybridized carbons (Fsp3) is 0.400. The molecule has 0 atom stereocenters. The van der Waals surface area contributed by atoms with Crippen LogP contribution in [-0.4, -0.2) is 56.1 Å². The second-order valence-electron chi connectivity index (χ2n) is 6.63. The third-order valence-electron chi connectivity index (χ3n) is 4.87. The van der Waals surface area contributed by atoms with Crippen LogP contribution in [0.3, 0.4) is 0 Å². The zero-order chi connectivity index (χ0) is 18.4. The molecule has 2 aromatic carbocycles. The first-order valence-corrected chi connectivity index (χ1v) is 10.6. The molecule has 0 aromatic heterocycles. The summed E-state index contributed by atoms with van der Waals surface area (Å²) < 4.78 is 40.4. The van der Waals surface area contributed by atoms with Gasteiger partial charge in [-0.05, 0) is 30.0 Å². The van der Waals surface area contributed by atoms with Gasteiger partial charge in [-0.25, -0.2) is 12.8 Å². The predicted molar refractivity (Wildman–Crippen MR) is 102 cm³/mol. The highest BCUT2D eigenvalue weighted by atomic mass is 32.2. The van der Waals surface area contributed by atoms with Crippen LogP contribution in [0, 0.1) is 5.82 Å². The van der Waals surface area contributed by atoms with Gasteiger partial charge in [-0.2, -0.15) is 4.31 Å². The van der Waals surface area contributed by atoms with E-state index in [4.69, 9.17) is 0 Å². The Morgan fingerprint density at radius 1 is 0.846 bits per heavy atom. The molecule has 0 amide bonds. The Bertz CT molecular complexity index is 804. The second kappa shape index (κ2) is 8.75. The van der Waals surface area contributed by atoms with Crippen LogP contribution < -0.4 is 0 Å². The maximum atomic E-state index is 13.7. The fourth-order valence-electron chi connectivity index (χ4n) is 3.23. The van der Waals surface area contributed by atoms with E-state index in [0.29, 0.717) is 44.6 Å². The first-order chi connectivity index (χ1) is 12.5. The highest BCUT2D eigenvalue weighted by Gasteiger charge is 2.26. The van der Waals surface area contributed by atoms with Gasteiger partial charge in [0.2, 0.25) is 10.0 Å². The van der Waals surface area contributed by atoms with Gasteiger partial charge in [0.25, 0.3) is 0 Å². The molecule has 6 heteroatoms. The average Bonchev–Trinajstić information content (AvgIpc) is 2.67. The van der Waals surface area contributed by atoms with E-state index in [1.54, 1.807) is 16.4 Å². The monoisotopic (exact) mass is 376 g/mol. The van der Waals surface area contributed by atoms with E-state index >= 15 is 0 Å². The smallest absolute Gasteiger partial charge is 0.214 e. The van der Waals surface area contributed by atoms with Crippen LogP contribution in [0.4, 0.5) is 4.39 Å². The lowest BCUT2D eigenvalue weighted by atomic mass is 10.1. The number of nitrogens with zero attached hydrogens (tertiary/aromatic N) is 2. The van der Waals surface area contributed by atoms with Gasteiger partial charge in [0.05, 0.1) is 5.75 Å². The molecule has 1 aliphatic rings. The van der Waals surface area contributed by atoms with Crippen molar-refractivity contribution in [3.05, 3.63) is 71.5 Å². The zero-order valence-corrected chi connectivity index (χ0v) is 15.7. The first kappa shape index (κ1) is 19.0. The predicted octanol–water partition coefficient (Wildman–Crippen LogP) is 2.56. The van der Waals surface area contributed by atoms with E-state index in [2.05, 4.69) is 4.90 Å². The summed E-state index contributed by atoms with van der Waals surface area (Å²) in [6, 6.07) is 16.5. The summed E-state index contributed by atoms with van der Waals surface area (Å²) in [6.45, 7) is 3.15. The summed E-state index contributed by atoms with van der Waals surface area (Å²) in [4.78, 5) is 2.20. The summed E-state index contributed by atoms with van der Waals surface area (Å²) >= 11 is 0. The van der Waals surface area contributed by atoms with Gasteiger partial charge in [-0.1, -0.05) is 48.5 Å². The lowest BCUT2D eigenvalue weighted by molar-refractivity contribution is 0.190. The van der Waals surface area contributed by atoms with E-state index in [9.17, 15) is 12.8 Å². The molecule has 0 unspecified atom stereocenters. The maximum Gasteiger partial charge on any atom is 0.214 e. The van der Waals surface area contributed by atoms with Crippen LogP contribution in [0.15, 0.2) is 54.6 Å². The van der Waals surface area contributed by atoms with Crippen molar-refractivity contribution < 1.29 is 12.8 Å². The third kappa shape index (κ3) is 5.13. The molecule has 3 rings (SSSR count). The van der Waals surface area contributed by atoms with Crippen LogP contribution in [0.5, 0.6) is 0 Å². The molecule has 0 aliphatic carbocycles. The molecule has 1 aliphatic heterocycles. The second-order valence-corrected chi connectivity index (χ2v) is 8.72. The minimum Gasteiger partial charge on any atom is -0.300 e. The molecule has 26 heavy (non-hydrogen) atoms. The third-order valence-corrected chi connectivity index (χ3v) is 6.74. The van der Waals surface area contributed by atoms with Crippen molar-refractivity contribution in [2.45, 2.75) is 12.8 Å². The topological polar surface area (TPSA) is 40.6 Å². The van der Waals surface area contributed by atoms with Crippen molar-refractivity contribution in [3.8, 4) is 0 Å². The Balaban J connectivity index is 1.46. The molecule has 1 saturated heterocycles. The molecule has 0 bridgehead atoms. The zero-order valence-electron chi connectivity index (χ0n) is 14.9. The van der Waals surface area contributed by atoms with Gasteiger partial charge in [-0.3, -0.25) is 0 Å². The summed E-state index contributed by atoms with van der Waals surface area (Å²) in [5, 5.41) is 0. The molecule has 140 valence electrons. The molecule has 0 saturated carbocycles. The van der Waals surface area contributed by atoms with Crippen LogP contribution in [-0.2, 0) is 22.9 Å². The van der Waals surface area contributed by atoms with Gasteiger partial charge in [0.15, 0.2) is 0 Å². The molecule has 0 radical (unpaired) electrons. The largest absolute Gasteiger partial charge is 0.300 e. The van der Waals surface area contributed by atoms with Crippen molar-refractivity contribution in [2.75, 3.05) is 38.5 Å². The lowest BCUT2D eigenvalue weighted by Gasteiger charge is -2.34. The Morgan fingerprint density at radius 3 is 2.19 bits per heavy atom. The van der Waals surface area contributed by atoms with Crippen LogP contribution >= 0.6 is 0 Å². The van der Waals surface area contributed by atoms with Crippen LogP contribution in [0.2, 0.25) is 0 Å².